The van der Waals surface area contributed by atoms with E-state index < -0.39 is 22.9 Å². The molecule has 1 aromatic heterocycles. The molecule has 1 unspecified atom stereocenters. The average molecular weight is 578 g/mol. The van der Waals surface area contributed by atoms with Crippen molar-refractivity contribution >= 4 is 55.7 Å². The zero-order chi connectivity index (χ0) is 25.9. The van der Waals surface area contributed by atoms with Gasteiger partial charge in [0.05, 0.1) is 17.5 Å². The maximum absolute atomic E-state index is 14.0. The van der Waals surface area contributed by atoms with E-state index >= 15 is 0 Å². The molecule has 3 heterocycles. The largest absolute Gasteiger partial charge is 0.506 e. The summed E-state index contributed by atoms with van der Waals surface area (Å²) in [6, 6.07) is 19.9. The van der Waals surface area contributed by atoms with E-state index in [4.69, 9.17) is 16.0 Å². The van der Waals surface area contributed by atoms with Crippen molar-refractivity contribution in [2.24, 2.45) is 4.99 Å². The van der Waals surface area contributed by atoms with Crippen LogP contribution in [-0.4, -0.2) is 39.8 Å². The summed E-state index contributed by atoms with van der Waals surface area (Å²) in [4.78, 5) is 33.6. The minimum Gasteiger partial charge on any atom is -0.506 e. The second-order valence-corrected chi connectivity index (χ2v) is 10.1. The van der Waals surface area contributed by atoms with Crippen LogP contribution >= 0.6 is 27.5 Å². The molecule has 37 heavy (non-hydrogen) atoms. The minimum atomic E-state index is -1.98. The maximum Gasteiger partial charge on any atom is 0.347 e. The second-order valence-electron chi connectivity index (χ2n) is 8.73. The van der Waals surface area contributed by atoms with Gasteiger partial charge in [0.15, 0.2) is 11.5 Å². The average Bonchev–Trinajstić information content (AvgIpc) is 3.47. The highest BCUT2D eigenvalue weighted by Crippen LogP contribution is 2.51. The smallest absolute Gasteiger partial charge is 0.347 e. The molecule has 0 radical (unpaired) electrons. The maximum atomic E-state index is 14.0. The van der Waals surface area contributed by atoms with Crippen molar-refractivity contribution in [2.75, 3.05) is 13.1 Å². The number of amidine groups is 1. The van der Waals surface area contributed by atoms with Gasteiger partial charge in [-0.15, -0.1) is 0 Å². The van der Waals surface area contributed by atoms with E-state index in [2.05, 4.69) is 20.9 Å². The fourth-order valence-electron chi connectivity index (χ4n) is 5.01. The van der Waals surface area contributed by atoms with Crippen molar-refractivity contribution < 1.29 is 19.4 Å². The molecule has 0 saturated heterocycles. The second kappa shape index (κ2) is 8.69. The van der Waals surface area contributed by atoms with Crippen LogP contribution in [0.1, 0.15) is 21.5 Å². The van der Waals surface area contributed by atoms with E-state index in [0.717, 1.165) is 4.47 Å². The highest BCUT2D eigenvalue weighted by atomic mass is 79.9. The summed E-state index contributed by atoms with van der Waals surface area (Å²) in [6.07, 6.45) is 0. The lowest BCUT2D eigenvalue weighted by atomic mass is 9.86. The van der Waals surface area contributed by atoms with Crippen LogP contribution in [0.4, 0.5) is 0 Å². The molecule has 3 aromatic carbocycles. The summed E-state index contributed by atoms with van der Waals surface area (Å²) < 4.78 is 6.33. The first-order chi connectivity index (χ1) is 17.8. The SMILES string of the molecule is O=C(C1=C(c2c(O)c3cc(Cl)ccc3oc2=O)C(O)(c2ccccc2)N2CCN=C12)c1ccc(Br)cc1. The van der Waals surface area contributed by atoms with Crippen LogP contribution in [0.25, 0.3) is 16.5 Å². The molecule has 7 nitrogen and oxygen atoms in total. The van der Waals surface area contributed by atoms with Crippen molar-refractivity contribution in [3.05, 3.63) is 115 Å². The van der Waals surface area contributed by atoms with Crippen LogP contribution < -0.4 is 5.63 Å². The van der Waals surface area contributed by atoms with Gasteiger partial charge in [-0.1, -0.05) is 57.9 Å². The van der Waals surface area contributed by atoms with Crippen LogP contribution in [0.15, 0.2) is 97.0 Å². The molecule has 184 valence electrons. The van der Waals surface area contributed by atoms with Gasteiger partial charge in [-0.05, 0) is 42.5 Å². The number of halogens is 2. The summed E-state index contributed by atoms with van der Waals surface area (Å²) in [5, 5.41) is 24.4. The fourth-order valence-corrected chi connectivity index (χ4v) is 5.44. The predicted octanol–water partition coefficient (Wildman–Crippen LogP) is 5.12. The Bertz CT molecular complexity index is 1710. The summed E-state index contributed by atoms with van der Waals surface area (Å²) in [5.41, 5.74) is -2.41. The molecule has 2 aliphatic heterocycles. The Kier molecular flexibility index (Phi) is 5.56. The van der Waals surface area contributed by atoms with Gasteiger partial charge in [-0.25, -0.2) is 4.79 Å². The van der Waals surface area contributed by atoms with Gasteiger partial charge in [0, 0.05) is 32.7 Å². The third kappa shape index (κ3) is 3.55. The Hall–Kier alpha value is -3.72. The zero-order valence-electron chi connectivity index (χ0n) is 19.1. The van der Waals surface area contributed by atoms with Crippen molar-refractivity contribution in [3.63, 3.8) is 0 Å². The number of hydrogen-bond acceptors (Lipinski definition) is 7. The lowest BCUT2D eigenvalue weighted by Gasteiger charge is -2.35. The van der Waals surface area contributed by atoms with Crippen LogP contribution in [0.3, 0.4) is 0 Å². The first-order valence-electron chi connectivity index (χ1n) is 11.4. The highest BCUT2D eigenvalue weighted by molar-refractivity contribution is 9.10. The number of fused-ring (bicyclic) bond motifs is 2. The van der Waals surface area contributed by atoms with E-state index in [1.807, 2.05) is 0 Å². The summed E-state index contributed by atoms with van der Waals surface area (Å²) in [7, 11) is 0. The molecular formula is C28H18BrClN2O5. The zero-order valence-corrected chi connectivity index (χ0v) is 21.5. The van der Waals surface area contributed by atoms with Gasteiger partial charge in [-0.2, -0.15) is 0 Å². The van der Waals surface area contributed by atoms with Gasteiger partial charge in [0.1, 0.15) is 22.7 Å². The Labute approximate surface area is 224 Å². The molecule has 9 heteroatoms. The Morgan fingerprint density at radius 1 is 1.08 bits per heavy atom. The number of ketones is 1. The number of carbonyl (C=O) groups excluding carboxylic acids is 1. The van der Waals surface area contributed by atoms with Crippen molar-refractivity contribution in [2.45, 2.75) is 5.72 Å². The Morgan fingerprint density at radius 2 is 1.81 bits per heavy atom. The normalized spacial score (nSPS) is 18.9. The highest BCUT2D eigenvalue weighted by Gasteiger charge is 2.55. The topological polar surface area (TPSA) is 103 Å². The predicted molar refractivity (Wildman–Crippen MR) is 144 cm³/mol. The molecule has 2 aliphatic rings. The number of nitrogens with zero attached hydrogens (tertiary/aromatic N) is 2. The number of aliphatic imine (C=N–C) groups is 1. The number of rotatable bonds is 4. The van der Waals surface area contributed by atoms with E-state index in [-0.39, 0.29) is 33.5 Å². The molecular weight excluding hydrogens is 560 g/mol. The first kappa shape index (κ1) is 23.7. The summed E-state index contributed by atoms with van der Waals surface area (Å²) >= 11 is 9.54. The molecule has 6 rings (SSSR count). The molecule has 2 N–H and O–H groups in total. The molecule has 0 amide bonds. The van der Waals surface area contributed by atoms with Gasteiger partial charge in [-0.3, -0.25) is 9.79 Å². The summed E-state index contributed by atoms with van der Waals surface area (Å²) in [6.45, 7) is 0.648. The molecule has 1 atom stereocenters. The number of benzene rings is 3. The minimum absolute atomic E-state index is 0.0233. The van der Waals surface area contributed by atoms with E-state index in [1.54, 1.807) is 59.5 Å². The standard InChI is InChI=1S/C28H18BrClN2O5/c29-17-8-6-15(7-9-17)24(33)21-23(22-25(34)19-14-18(30)10-11-20(19)37-27(22)35)28(36,16-4-2-1-3-5-16)32-13-12-31-26(21)32/h1-11,14,34,36H,12-13H2. The van der Waals surface area contributed by atoms with Gasteiger partial charge in [0.25, 0.3) is 0 Å². The number of hydrogen-bond donors (Lipinski definition) is 2. The van der Waals surface area contributed by atoms with Gasteiger partial charge in [0.2, 0.25) is 0 Å². The summed E-state index contributed by atoms with van der Waals surface area (Å²) in [5.74, 6) is -0.648. The Balaban J connectivity index is 1.74. The first-order valence-corrected chi connectivity index (χ1v) is 12.6. The Morgan fingerprint density at radius 3 is 2.54 bits per heavy atom. The molecule has 4 aromatic rings. The van der Waals surface area contributed by atoms with Crippen molar-refractivity contribution in [1.29, 1.82) is 0 Å². The number of Topliss-reactive ketones (excluding diaryl/α,β-unsaturated/α-hetero) is 1. The lowest BCUT2D eigenvalue weighted by molar-refractivity contribution is -0.00866. The van der Waals surface area contributed by atoms with E-state index in [1.165, 1.54) is 18.2 Å². The molecule has 0 bridgehead atoms. The third-order valence-corrected chi connectivity index (χ3v) is 7.42. The van der Waals surface area contributed by atoms with Crippen LogP contribution in [-0.2, 0) is 5.72 Å². The third-order valence-electron chi connectivity index (χ3n) is 6.65. The van der Waals surface area contributed by atoms with Crippen molar-refractivity contribution in [3.8, 4) is 5.75 Å². The van der Waals surface area contributed by atoms with Crippen molar-refractivity contribution in [1.82, 2.24) is 4.90 Å². The van der Waals surface area contributed by atoms with Crippen LogP contribution in [0.2, 0.25) is 5.02 Å². The van der Waals surface area contributed by atoms with Gasteiger partial charge >= 0.3 is 5.63 Å². The van der Waals surface area contributed by atoms with E-state index in [9.17, 15) is 19.8 Å². The molecule has 0 aliphatic carbocycles. The molecule has 0 fully saturated rings. The van der Waals surface area contributed by atoms with Crippen LogP contribution in [0.5, 0.6) is 5.75 Å². The van der Waals surface area contributed by atoms with E-state index in [0.29, 0.717) is 29.2 Å². The fraction of sp³-hybridized carbons (Fsp3) is 0.107. The number of aliphatic hydroxyl groups is 1. The number of aromatic hydroxyl groups is 1. The number of carbonyl (C=O) groups is 1. The quantitative estimate of drug-likeness (QED) is 0.258. The monoisotopic (exact) mass is 576 g/mol. The lowest BCUT2D eigenvalue weighted by Crippen LogP contribution is -2.44. The molecule has 0 spiro atoms. The van der Waals surface area contributed by atoms with Crippen LogP contribution in [0, 0.1) is 0 Å². The van der Waals surface area contributed by atoms with Gasteiger partial charge < -0.3 is 19.5 Å². The molecule has 0 saturated carbocycles.